The normalized spacial score (nSPS) is 23.3. The third-order valence-corrected chi connectivity index (χ3v) is 4.51. The van der Waals surface area contributed by atoms with Crippen LogP contribution >= 0.6 is 0 Å². The molecule has 112 valence electrons. The van der Waals surface area contributed by atoms with Crippen LogP contribution in [0.15, 0.2) is 24.3 Å². The monoisotopic (exact) mass is 275 g/mol. The van der Waals surface area contributed by atoms with Crippen LogP contribution in [0.25, 0.3) is 0 Å². The van der Waals surface area contributed by atoms with E-state index in [1.807, 2.05) is 0 Å². The van der Waals surface area contributed by atoms with Crippen LogP contribution in [0.4, 0.5) is 5.69 Å². The number of rotatable bonds is 6. The van der Waals surface area contributed by atoms with Crippen molar-refractivity contribution < 1.29 is 5.11 Å². The Labute approximate surface area is 123 Å². The van der Waals surface area contributed by atoms with Crippen LogP contribution in [0, 0.1) is 5.92 Å². The molecule has 2 atom stereocenters. The van der Waals surface area contributed by atoms with Crippen LogP contribution in [-0.4, -0.2) is 17.8 Å². The molecule has 0 amide bonds. The minimum absolute atomic E-state index is 0.230. The van der Waals surface area contributed by atoms with Gasteiger partial charge in [-0.15, -0.1) is 0 Å². The smallest absolute Gasteiger partial charge is 0.0471 e. The first-order chi connectivity index (χ1) is 9.81. The summed E-state index contributed by atoms with van der Waals surface area (Å²) in [5, 5.41) is 12.6. The summed E-state index contributed by atoms with van der Waals surface area (Å²) in [7, 11) is 0. The Kier molecular flexibility index (Phi) is 6.38. The number of aliphatic hydroxyl groups is 1. The quantitative estimate of drug-likeness (QED) is 0.755. The van der Waals surface area contributed by atoms with E-state index in [9.17, 15) is 0 Å². The molecule has 1 aliphatic carbocycles. The zero-order valence-corrected chi connectivity index (χ0v) is 12.8. The fourth-order valence-corrected chi connectivity index (χ4v) is 3.35. The summed E-state index contributed by atoms with van der Waals surface area (Å²) in [6, 6.07) is 9.18. The van der Waals surface area contributed by atoms with Gasteiger partial charge in [-0.2, -0.15) is 0 Å². The summed E-state index contributed by atoms with van der Waals surface area (Å²) >= 11 is 0. The Morgan fingerprint density at radius 3 is 2.60 bits per heavy atom. The van der Waals surface area contributed by atoms with Gasteiger partial charge in [0.05, 0.1) is 0 Å². The van der Waals surface area contributed by atoms with Crippen LogP contribution in [0.3, 0.4) is 0 Å². The molecule has 0 saturated heterocycles. The summed E-state index contributed by atoms with van der Waals surface area (Å²) in [4.78, 5) is 0. The highest BCUT2D eigenvalue weighted by molar-refractivity contribution is 5.45. The van der Waals surface area contributed by atoms with Gasteiger partial charge in [0.2, 0.25) is 0 Å². The molecule has 2 nitrogen and oxygen atoms in total. The molecule has 0 aromatic heterocycles. The maximum atomic E-state index is 8.93. The van der Waals surface area contributed by atoms with E-state index in [1.54, 1.807) is 0 Å². The van der Waals surface area contributed by atoms with Crippen molar-refractivity contribution in [2.24, 2.45) is 5.92 Å². The fourth-order valence-electron chi connectivity index (χ4n) is 3.35. The first kappa shape index (κ1) is 15.4. The van der Waals surface area contributed by atoms with E-state index in [4.69, 9.17) is 5.11 Å². The Morgan fingerprint density at radius 2 is 1.90 bits per heavy atom. The van der Waals surface area contributed by atoms with Crippen molar-refractivity contribution in [2.75, 3.05) is 11.9 Å². The molecule has 0 aliphatic heterocycles. The largest absolute Gasteiger partial charge is 0.396 e. The lowest BCUT2D eigenvalue weighted by molar-refractivity contribution is 0.299. The first-order valence-corrected chi connectivity index (χ1v) is 8.28. The Balaban J connectivity index is 1.83. The van der Waals surface area contributed by atoms with Crippen molar-refractivity contribution in [1.82, 2.24) is 0 Å². The molecule has 0 radical (unpaired) electrons. The van der Waals surface area contributed by atoms with Gasteiger partial charge in [-0.05, 0) is 49.3 Å². The summed E-state index contributed by atoms with van der Waals surface area (Å²) in [6.07, 6.45) is 10.3. The Bertz CT molecular complexity index is 374. The lowest BCUT2D eigenvalue weighted by Gasteiger charge is -2.18. The van der Waals surface area contributed by atoms with Crippen LogP contribution < -0.4 is 5.32 Å². The standard InChI is InChI=1S/C18H29NO/c1-2-4-15-5-3-6-17(10-7-15)19-18-11-8-16(9-12-18)13-14-20/h8-9,11-12,15,17,19-20H,2-7,10,13-14H2,1H3. The average Bonchev–Trinajstić information content (AvgIpc) is 2.68. The molecule has 0 heterocycles. The van der Waals surface area contributed by atoms with Crippen molar-refractivity contribution in [2.45, 2.75) is 64.3 Å². The van der Waals surface area contributed by atoms with Crippen LogP contribution in [0.2, 0.25) is 0 Å². The molecule has 0 spiro atoms. The maximum absolute atomic E-state index is 8.93. The summed E-state index contributed by atoms with van der Waals surface area (Å²) < 4.78 is 0. The SMILES string of the molecule is CCCC1CCCC(Nc2ccc(CCO)cc2)CC1. The van der Waals surface area contributed by atoms with Crippen molar-refractivity contribution in [1.29, 1.82) is 0 Å². The zero-order valence-electron chi connectivity index (χ0n) is 12.8. The molecule has 2 N–H and O–H groups in total. The van der Waals surface area contributed by atoms with Crippen LogP contribution in [0.5, 0.6) is 0 Å². The van der Waals surface area contributed by atoms with Crippen molar-refractivity contribution >= 4 is 5.69 Å². The third kappa shape index (κ3) is 4.82. The first-order valence-electron chi connectivity index (χ1n) is 8.28. The highest BCUT2D eigenvalue weighted by atomic mass is 16.2. The molecule has 1 saturated carbocycles. The molecule has 1 fully saturated rings. The number of hydrogen-bond donors (Lipinski definition) is 2. The molecular formula is C18H29NO. The van der Waals surface area contributed by atoms with Crippen LogP contribution in [0.1, 0.15) is 57.4 Å². The van der Waals surface area contributed by atoms with Gasteiger partial charge in [0, 0.05) is 18.3 Å². The highest BCUT2D eigenvalue weighted by Crippen LogP contribution is 2.28. The van der Waals surface area contributed by atoms with Gasteiger partial charge >= 0.3 is 0 Å². The van der Waals surface area contributed by atoms with Gasteiger partial charge < -0.3 is 10.4 Å². The van der Waals surface area contributed by atoms with E-state index in [2.05, 4.69) is 36.5 Å². The van der Waals surface area contributed by atoms with Crippen LogP contribution in [-0.2, 0) is 6.42 Å². The number of benzene rings is 1. The number of nitrogens with one attached hydrogen (secondary N) is 1. The molecule has 1 aromatic carbocycles. The molecule has 0 bridgehead atoms. The van der Waals surface area contributed by atoms with Crippen molar-refractivity contribution in [3.63, 3.8) is 0 Å². The van der Waals surface area contributed by atoms with E-state index >= 15 is 0 Å². The maximum Gasteiger partial charge on any atom is 0.0471 e. The average molecular weight is 275 g/mol. The highest BCUT2D eigenvalue weighted by Gasteiger charge is 2.18. The molecule has 2 rings (SSSR count). The second-order valence-electron chi connectivity index (χ2n) is 6.17. The van der Waals surface area contributed by atoms with Gasteiger partial charge in [0.1, 0.15) is 0 Å². The van der Waals surface area contributed by atoms with Gasteiger partial charge in [0.25, 0.3) is 0 Å². The second-order valence-corrected chi connectivity index (χ2v) is 6.17. The van der Waals surface area contributed by atoms with E-state index in [-0.39, 0.29) is 6.61 Å². The topological polar surface area (TPSA) is 32.3 Å². The van der Waals surface area contributed by atoms with E-state index < -0.39 is 0 Å². The summed E-state index contributed by atoms with van der Waals surface area (Å²) in [5.41, 5.74) is 2.44. The van der Waals surface area contributed by atoms with Gasteiger partial charge in [-0.1, -0.05) is 44.7 Å². The number of anilines is 1. The van der Waals surface area contributed by atoms with Gasteiger partial charge in [-0.25, -0.2) is 0 Å². The number of hydrogen-bond acceptors (Lipinski definition) is 2. The Hall–Kier alpha value is -1.02. The lowest BCUT2D eigenvalue weighted by Crippen LogP contribution is -2.18. The van der Waals surface area contributed by atoms with Crippen molar-refractivity contribution in [3.8, 4) is 0 Å². The van der Waals surface area contributed by atoms with E-state index in [0.29, 0.717) is 6.04 Å². The summed E-state index contributed by atoms with van der Waals surface area (Å²) in [6.45, 7) is 2.53. The minimum Gasteiger partial charge on any atom is -0.396 e. The third-order valence-electron chi connectivity index (χ3n) is 4.51. The molecule has 2 heteroatoms. The molecule has 1 aliphatic rings. The predicted molar refractivity (Wildman–Crippen MR) is 86.1 cm³/mol. The Morgan fingerprint density at radius 1 is 1.10 bits per heavy atom. The summed E-state index contributed by atoms with van der Waals surface area (Å²) in [5.74, 6) is 0.957. The fraction of sp³-hybridized carbons (Fsp3) is 0.667. The van der Waals surface area contributed by atoms with E-state index in [0.717, 1.165) is 12.3 Å². The van der Waals surface area contributed by atoms with Gasteiger partial charge in [-0.3, -0.25) is 0 Å². The lowest BCUT2D eigenvalue weighted by atomic mass is 9.95. The number of aliphatic hydroxyl groups excluding tert-OH is 1. The molecule has 2 unspecified atom stereocenters. The van der Waals surface area contributed by atoms with Gasteiger partial charge in [0.15, 0.2) is 0 Å². The second kappa shape index (κ2) is 8.31. The molecular weight excluding hydrogens is 246 g/mol. The zero-order chi connectivity index (χ0) is 14.2. The predicted octanol–water partition coefficient (Wildman–Crippen LogP) is 4.38. The minimum atomic E-state index is 0.230. The molecule has 20 heavy (non-hydrogen) atoms. The van der Waals surface area contributed by atoms with E-state index in [1.165, 1.54) is 56.2 Å². The van der Waals surface area contributed by atoms with Crippen molar-refractivity contribution in [3.05, 3.63) is 29.8 Å². The molecule has 1 aromatic rings.